The lowest BCUT2D eigenvalue weighted by atomic mass is 9.95. The van der Waals surface area contributed by atoms with Crippen molar-refractivity contribution in [1.82, 2.24) is 25.5 Å². The fraction of sp³-hybridized carbons (Fsp3) is 0.529. The van der Waals surface area contributed by atoms with Crippen molar-refractivity contribution in [3.63, 3.8) is 0 Å². The summed E-state index contributed by atoms with van der Waals surface area (Å²) < 4.78 is 38.3. The van der Waals surface area contributed by atoms with Crippen LogP contribution in [-0.4, -0.2) is 26.1 Å². The third kappa shape index (κ3) is 4.39. The minimum Gasteiger partial charge on any atom is -0.349 e. The van der Waals surface area contributed by atoms with Crippen LogP contribution in [0.5, 0.6) is 0 Å². The van der Waals surface area contributed by atoms with Gasteiger partial charge in [-0.3, -0.25) is 9.89 Å². The Labute approximate surface area is 148 Å². The molecule has 26 heavy (non-hydrogen) atoms. The molecule has 2 aromatic heterocycles. The van der Waals surface area contributed by atoms with Gasteiger partial charge in [0.25, 0.3) is 0 Å². The number of amides is 1. The van der Waals surface area contributed by atoms with Gasteiger partial charge in [-0.1, -0.05) is 0 Å². The molecule has 140 valence electrons. The number of rotatable bonds is 5. The van der Waals surface area contributed by atoms with Crippen LogP contribution < -0.4 is 5.32 Å². The van der Waals surface area contributed by atoms with Crippen molar-refractivity contribution < 1.29 is 18.0 Å². The first-order valence-electron chi connectivity index (χ1n) is 8.56. The molecule has 0 saturated heterocycles. The summed E-state index contributed by atoms with van der Waals surface area (Å²) in [6.45, 7) is 1.32. The van der Waals surface area contributed by atoms with Gasteiger partial charge < -0.3 is 5.32 Å². The molecule has 1 amide bonds. The Balaban J connectivity index is 1.55. The zero-order valence-electron chi connectivity index (χ0n) is 14.4. The van der Waals surface area contributed by atoms with Gasteiger partial charge in [0, 0.05) is 24.2 Å². The first-order chi connectivity index (χ1) is 12.3. The molecule has 0 bridgehead atoms. The number of nitrogens with zero attached hydrogens (tertiary/aromatic N) is 3. The lowest BCUT2D eigenvalue weighted by molar-refractivity contribution is -0.141. The molecule has 2 N–H and O–H groups in total. The van der Waals surface area contributed by atoms with Gasteiger partial charge >= 0.3 is 6.18 Å². The fourth-order valence-electron chi connectivity index (χ4n) is 3.11. The standard InChI is InChI=1S/C17H20F3N5O/c1-10-8-14(17(18,19)20)23-15(22-10)9-21-16(26)7-6-13-11-4-2-3-5-12(11)24-25-13/h8H,2-7,9H2,1H3,(H,21,26)(H,24,25). The fourth-order valence-corrected chi connectivity index (χ4v) is 3.11. The molecule has 0 radical (unpaired) electrons. The monoisotopic (exact) mass is 367 g/mol. The molecule has 0 aliphatic heterocycles. The molecular weight excluding hydrogens is 347 g/mol. The van der Waals surface area contributed by atoms with Crippen LogP contribution in [0.25, 0.3) is 0 Å². The lowest BCUT2D eigenvalue weighted by Gasteiger charge is -2.11. The predicted octanol–water partition coefficient (Wildman–Crippen LogP) is 2.65. The molecule has 0 aromatic carbocycles. The molecule has 9 heteroatoms. The Bertz CT molecular complexity index is 800. The molecule has 6 nitrogen and oxygen atoms in total. The maximum Gasteiger partial charge on any atom is 0.433 e. The van der Waals surface area contributed by atoms with E-state index in [9.17, 15) is 18.0 Å². The number of aromatic nitrogens is 4. The highest BCUT2D eigenvalue weighted by atomic mass is 19.4. The molecular formula is C17H20F3N5O. The molecule has 0 atom stereocenters. The van der Waals surface area contributed by atoms with Gasteiger partial charge in [-0.05, 0) is 44.2 Å². The van der Waals surface area contributed by atoms with Crippen LogP contribution in [0, 0.1) is 6.92 Å². The Morgan fingerprint density at radius 3 is 2.81 bits per heavy atom. The summed E-state index contributed by atoms with van der Waals surface area (Å²) in [7, 11) is 0. The summed E-state index contributed by atoms with van der Waals surface area (Å²) in [6, 6.07) is 0.881. The molecule has 0 fully saturated rings. The number of H-pyrrole nitrogens is 1. The summed E-state index contributed by atoms with van der Waals surface area (Å²) in [5.74, 6) is -0.320. The third-order valence-corrected chi connectivity index (χ3v) is 4.37. The second kappa shape index (κ2) is 7.43. The van der Waals surface area contributed by atoms with Crippen molar-refractivity contribution in [3.05, 3.63) is 40.2 Å². The molecule has 0 unspecified atom stereocenters. The van der Waals surface area contributed by atoms with Gasteiger partial charge in [0.15, 0.2) is 0 Å². The van der Waals surface area contributed by atoms with E-state index in [-0.39, 0.29) is 30.4 Å². The van der Waals surface area contributed by atoms with E-state index < -0.39 is 11.9 Å². The first kappa shape index (κ1) is 18.3. The van der Waals surface area contributed by atoms with Crippen molar-refractivity contribution in [1.29, 1.82) is 0 Å². The molecule has 1 aliphatic rings. The topological polar surface area (TPSA) is 83.6 Å². The molecule has 3 rings (SSSR count). The summed E-state index contributed by atoms with van der Waals surface area (Å²) in [6.07, 6.45) is 0.408. The quantitative estimate of drug-likeness (QED) is 0.851. The van der Waals surface area contributed by atoms with Crippen LogP contribution in [0.1, 0.15) is 53.4 Å². The Kier molecular flexibility index (Phi) is 5.24. The number of hydrogen-bond donors (Lipinski definition) is 2. The van der Waals surface area contributed by atoms with Crippen LogP contribution in [0.2, 0.25) is 0 Å². The average molecular weight is 367 g/mol. The van der Waals surface area contributed by atoms with E-state index in [2.05, 4.69) is 25.5 Å². The van der Waals surface area contributed by atoms with E-state index in [0.29, 0.717) is 6.42 Å². The second-order valence-electron chi connectivity index (χ2n) is 6.42. The van der Waals surface area contributed by atoms with Crippen LogP contribution in [-0.2, 0) is 36.8 Å². The number of aryl methyl sites for hydroxylation is 3. The van der Waals surface area contributed by atoms with Gasteiger partial charge in [-0.25, -0.2) is 9.97 Å². The number of carbonyl (C=O) groups excluding carboxylic acids is 1. The zero-order valence-corrected chi connectivity index (χ0v) is 14.4. The smallest absolute Gasteiger partial charge is 0.349 e. The van der Waals surface area contributed by atoms with Crippen LogP contribution >= 0.6 is 0 Å². The van der Waals surface area contributed by atoms with Crippen molar-refractivity contribution in [2.24, 2.45) is 0 Å². The number of halogens is 3. The van der Waals surface area contributed by atoms with E-state index in [0.717, 1.165) is 43.1 Å². The number of aromatic amines is 1. The Morgan fingerprint density at radius 1 is 1.27 bits per heavy atom. The van der Waals surface area contributed by atoms with E-state index in [4.69, 9.17) is 0 Å². The highest BCUT2D eigenvalue weighted by molar-refractivity contribution is 5.76. The molecule has 0 saturated carbocycles. The van der Waals surface area contributed by atoms with Crippen LogP contribution in [0.15, 0.2) is 6.07 Å². The maximum atomic E-state index is 12.8. The number of carbonyl (C=O) groups is 1. The van der Waals surface area contributed by atoms with E-state index in [1.165, 1.54) is 12.5 Å². The summed E-state index contributed by atoms with van der Waals surface area (Å²) >= 11 is 0. The average Bonchev–Trinajstić information content (AvgIpc) is 3.00. The predicted molar refractivity (Wildman–Crippen MR) is 87.2 cm³/mol. The van der Waals surface area contributed by atoms with Gasteiger partial charge in [-0.2, -0.15) is 18.3 Å². The molecule has 2 aromatic rings. The summed E-state index contributed by atoms with van der Waals surface area (Å²) in [5, 5.41) is 9.89. The highest BCUT2D eigenvalue weighted by Crippen LogP contribution is 2.27. The number of nitrogens with one attached hydrogen (secondary N) is 2. The van der Waals surface area contributed by atoms with Crippen molar-refractivity contribution in [2.75, 3.05) is 0 Å². The second-order valence-corrected chi connectivity index (χ2v) is 6.42. The number of hydrogen-bond acceptors (Lipinski definition) is 4. The van der Waals surface area contributed by atoms with Gasteiger partial charge in [0.1, 0.15) is 11.5 Å². The Hall–Kier alpha value is -2.45. The van der Waals surface area contributed by atoms with Gasteiger partial charge in [0.05, 0.1) is 12.2 Å². The Morgan fingerprint density at radius 2 is 2.04 bits per heavy atom. The summed E-state index contributed by atoms with van der Waals surface area (Å²) in [5.41, 5.74) is 2.47. The summed E-state index contributed by atoms with van der Waals surface area (Å²) in [4.78, 5) is 19.4. The number of alkyl halides is 3. The molecule has 0 spiro atoms. The third-order valence-electron chi connectivity index (χ3n) is 4.37. The zero-order chi connectivity index (χ0) is 18.7. The van der Waals surface area contributed by atoms with E-state index in [1.807, 2.05) is 0 Å². The normalized spacial score (nSPS) is 14.2. The van der Waals surface area contributed by atoms with Crippen molar-refractivity contribution in [2.45, 2.75) is 58.2 Å². The van der Waals surface area contributed by atoms with E-state index >= 15 is 0 Å². The van der Waals surface area contributed by atoms with E-state index in [1.54, 1.807) is 0 Å². The number of fused-ring (bicyclic) bond motifs is 1. The van der Waals surface area contributed by atoms with Crippen LogP contribution in [0.4, 0.5) is 13.2 Å². The first-order valence-corrected chi connectivity index (χ1v) is 8.56. The van der Waals surface area contributed by atoms with Crippen LogP contribution in [0.3, 0.4) is 0 Å². The largest absolute Gasteiger partial charge is 0.433 e. The van der Waals surface area contributed by atoms with Crippen molar-refractivity contribution >= 4 is 5.91 Å². The molecule has 1 aliphatic carbocycles. The van der Waals surface area contributed by atoms with Crippen molar-refractivity contribution in [3.8, 4) is 0 Å². The molecule has 2 heterocycles. The maximum absolute atomic E-state index is 12.8. The SMILES string of the molecule is Cc1cc(C(F)(F)F)nc(CNC(=O)CCc2n[nH]c3c2CCCC3)n1. The minimum absolute atomic E-state index is 0.0529. The highest BCUT2D eigenvalue weighted by Gasteiger charge is 2.33. The van der Waals surface area contributed by atoms with Gasteiger partial charge in [-0.15, -0.1) is 0 Å². The van der Waals surface area contributed by atoms with Gasteiger partial charge in [0.2, 0.25) is 5.91 Å². The minimum atomic E-state index is -4.54. The lowest BCUT2D eigenvalue weighted by Crippen LogP contribution is -2.25.